The van der Waals surface area contributed by atoms with Crippen molar-refractivity contribution in [3.63, 3.8) is 0 Å². The molecular weight excluding hydrogens is 558 g/mol. The first kappa shape index (κ1) is 28.0. The van der Waals surface area contributed by atoms with Gasteiger partial charge in [0.25, 0.3) is 11.6 Å². The van der Waals surface area contributed by atoms with Crippen molar-refractivity contribution >= 4 is 60.6 Å². The van der Waals surface area contributed by atoms with Gasteiger partial charge >= 0.3 is 0 Å². The minimum absolute atomic E-state index is 0.124. The third-order valence-electron chi connectivity index (χ3n) is 6.97. The molecule has 5 rings (SSSR count). The third kappa shape index (κ3) is 5.04. The molecule has 0 saturated carbocycles. The molecular formula is C27H28ClN5O6S. The van der Waals surface area contributed by atoms with Gasteiger partial charge in [-0.05, 0) is 60.9 Å². The normalized spacial score (nSPS) is 15.3. The first-order chi connectivity index (χ1) is 19.0. The fourth-order valence-corrected chi connectivity index (χ4v) is 6.56. The standard InChI is InChI=1S/C27H28ClN5O6S/c1-31(2)14-16-3-6-22-17(9-16)10-23(30-22)27(35)32-15-18(13-28)26-20-5-4-19(40(38,39)29-7-8-34)11-21(20)24(33(36)37)12-25(26)32/h3-6,9-12,18,29-30,34H,7-8,13-15H2,1-2H3. The number of nitrogens with one attached hydrogen (secondary N) is 2. The molecule has 2 heterocycles. The summed E-state index contributed by atoms with van der Waals surface area (Å²) in [7, 11) is -0.0477. The molecule has 0 radical (unpaired) electrons. The maximum absolute atomic E-state index is 13.8. The number of amides is 1. The van der Waals surface area contributed by atoms with Crippen LogP contribution in [0.5, 0.6) is 0 Å². The summed E-state index contributed by atoms with van der Waals surface area (Å²) in [5.74, 6) is -0.516. The lowest BCUT2D eigenvalue weighted by Gasteiger charge is -2.17. The van der Waals surface area contributed by atoms with E-state index in [0.717, 1.165) is 23.0 Å². The van der Waals surface area contributed by atoms with E-state index in [1.165, 1.54) is 29.2 Å². The topological polar surface area (TPSA) is 149 Å². The van der Waals surface area contributed by atoms with Crippen LogP contribution in [-0.4, -0.2) is 73.9 Å². The average Bonchev–Trinajstić information content (AvgIpc) is 3.51. The van der Waals surface area contributed by atoms with Crippen LogP contribution in [0.3, 0.4) is 0 Å². The van der Waals surface area contributed by atoms with E-state index in [0.29, 0.717) is 22.3 Å². The molecule has 1 aliphatic rings. The number of nitro groups is 1. The Kier molecular flexibility index (Phi) is 7.55. The molecule has 1 atom stereocenters. The maximum atomic E-state index is 13.8. The third-order valence-corrected chi connectivity index (χ3v) is 8.80. The fraction of sp³-hybridized carbons (Fsp3) is 0.296. The number of carbonyl (C=O) groups is 1. The number of fused-ring (bicyclic) bond motifs is 4. The Hall–Kier alpha value is -3.55. The first-order valence-corrected chi connectivity index (χ1v) is 14.6. The van der Waals surface area contributed by atoms with Crippen molar-refractivity contribution in [1.29, 1.82) is 0 Å². The lowest BCUT2D eigenvalue weighted by molar-refractivity contribution is -0.383. The smallest absolute Gasteiger partial charge is 0.279 e. The number of aromatic nitrogens is 1. The van der Waals surface area contributed by atoms with Crippen LogP contribution in [-0.2, 0) is 16.6 Å². The Morgan fingerprint density at radius 1 is 1.20 bits per heavy atom. The minimum Gasteiger partial charge on any atom is -0.395 e. The highest BCUT2D eigenvalue weighted by molar-refractivity contribution is 7.89. The Balaban J connectivity index is 1.60. The average molecular weight is 586 g/mol. The molecule has 0 spiro atoms. The van der Waals surface area contributed by atoms with Crippen LogP contribution >= 0.6 is 11.6 Å². The highest BCUT2D eigenvalue weighted by Crippen LogP contribution is 2.46. The summed E-state index contributed by atoms with van der Waals surface area (Å²) in [5, 5.41) is 22.6. The zero-order valence-corrected chi connectivity index (χ0v) is 23.4. The number of carbonyl (C=O) groups excluding carboxylic acids is 1. The van der Waals surface area contributed by atoms with Gasteiger partial charge in [-0.25, -0.2) is 13.1 Å². The molecule has 1 aromatic heterocycles. The number of H-pyrrole nitrogens is 1. The van der Waals surface area contributed by atoms with E-state index in [4.69, 9.17) is 16.7 Å². The second kappa shape index (κ2) is 10.8. The van der Waals surface area contributed by atoms with Crippen LogP contribution in [0.1, 0.15) is 27.5 Å². The van der Waals surface area contributed by atoms with Crippen LogP contribution in [0, 0.1) is 10.1 Å². The summed E-state index contributed by atoms with van der Waals surface area (Å²) < 4.78 is 27.5. The monoisotopic (exact) mass is 585 g/mol. The number of aliphatic hydroxyl groups is 1. The number of aromatic amines is 1. The Bertz CT molecular complexity index is 1750. The SMILES string of the molecule is CN(C)Cc1ccc2[nH]c(C(=O)N3CC(CCl)c4c3cc([N+](=O)[O-])c3cc(S(=O)(=O)NCCO)ccc43)cc2c1. The molecule has 210 valence electrons. The van der Waals surface area contributed by atoms with E-state index in [1.807, 2.05) is 32.3 Å². The van der Waals surface area contributed by atoms with Crippen molar-refractivity contribution in [1.82, 2.24) is 14.6 Å². The number of hydrogen-bond donors (Lipinski definition) is 3. The number of rotatable bonds is 9. The number of alkyl halides is 1. The number of non-ortho nitro benzene ring substituents is 1. The molecule has 0 aliphatic carbocycles. The van der Waals surface area contributed by atoms with E-state index in [1.54, 1.807) is 6.07 Å². The van der Waals surface area contributed by atoms with Gasteiger partial charge in [0.2, 0.25) is 10.0 Å². The Morgan fingerprint density at radius 2 is 1.98 bits per heavy atom. The molecule has 3 aromatic carbocycles. The molecule has 11 nitrogen and oxygen atoms in total. The van der Waals surface area contributed by atoms with Gasteiger partial charge in [0.05, 0.1) is 27.5 Å². The summed E-state index contributed by atoms with van der Waals surface area (Å²) in [5.41, 5.74) is 2.94. The van der Waals surface area contributed by atoms with E-state index < -0.39 is 21.6 Å². The summed E-state index contributed by atoms with van der Waals surface area (Å²) in [6.45, 7) is 0.379. The van der Waals surface area contributed by atoms with Crippen LogP contribution in [0.2, 0.25) is 0 Å². The highest BCUT2D eigenvalue weighted by Gasteiger charge is 2.37. The number of benzene rings is 3. The number of nitrogens with zero attached hydrogens (tertiary/aromatic N) is 3. The summed E-state index contributed by atoms with van der Waals surface area (Å²) in [6, 6.07) is 13.1. The van der Waals surface area contributed by atoms with E-state index >= 15 is 0 Å². The number of sulfonamides is 1. The second-order valence-electron chi connectivity index (χ2n) is 10.0. The Morgan fingerprint density at radius 3 is 2.65 bits per heavy atom. The van der Waals surface area contributed by atoms with Gasteiger partial charge < -0.3 is 19.9 Å². The van der Waals surface area contributed by atoms with Crippen molar-refractivity contribution < 1.29 is 23.2 Å². The molecule has 0 saturated heterocycles. The van der Waals surface area contributed by atoms with Crippen molar-refractivity contribution in [2.75, 3.05) is 44.6 Å². The minimum atomic E-state index is -4.00. The summed E-state index contributed by atoms with van der Waals surface area (Å²) in [6.07, 6.45) is 0. The zero-order chi connectivity index (χ0) is 28.8. The van der Waals surface area contributed by atoms with Crippen LogP contribution < -0.4 is 9.62 Å². The van der Waals surface area contributed by atoms with Crippen LogP contribution in [0.4, 0.5) is 11.4 Å². The number of nitro benzene ring substituents is 1. The highest BCUT2D eigenvalue weighted by atomic mass is 35.5. The molecule has 3 N–H and O–H groups in total. The summed E-state index contributed by atoms with van der Waals surface area (Å²) >= 11 is 6.33. The van der Waals surface area contributed by atoms with Gasteiger partial charge in [0.15, 0.2) is 0 Å². The molecule has 0 bridgehead atoms. The molecule has 13 heteroatoms. The zero-order valence-electron chi connectivity index (χ0n) is 21.8. The predicted octanol–water partition coefficient (Wildman–Crippen LogP) is 3.54. The number of halogens is 1. The lowest BCUT2D eigenvalue weighted by atomic mass is 9.95. The van der Waals surface area contributed by atoms with Crippen molar-refractivity contribution in [2.24, 2.45) is 0 Å². The Labute approximate surface area is 235 Å². The van der Waals surface area contributed by atoms with Gasteiger partial charge in [-0.3, -0.25) is 14.9 Å². The molecule has 1 aliphatic heterocycles. The van der Waals surface area contributed by atoms with Gasteiger partial charge in [-0.1, -0.05) is 12.1 Å². The van der Waals surface area contributed by atoms with Gasteiger partial charge in [0.1, 0.15) is 5.69 Å². The molecule has 0 fully saturated rings. The first-order valence-electron chi connectivity index (χ1n) is 12.5. The molecule has 1 unspecified atom stereocenters. The van der Waals surface area contributed by atoms with Crippen molar-refractivity contribution in [3.05, 3.63) is 75.5 Å². The largest absolute Gasteiger partial charge is 0.395 e. The van der Waals surface area contributed by atoms with E-state index in [2.05, 4.69) is 14.6 Å². The van der Waals surface area contributed by atoms with Gasteiger partial charge in [0, 0.05) is 48.4 Å². The van der Waals surface area contributed by atoms with Gasteiger partial charge in [-0.15, -0.1) is 11.6 Å². The van der Waals surface area contributed by atoms with Gasteiger partial charge in [-0.2, -0.15) is 0 Å². The predicted molar refractivity (Wildman–Crippen MR) is 154 cm³/mol. The quantitative estimate of drug-likeness (QED) is 0.154. The summed E-state index contributed by atoms with van der Waals surface area (Å²) in [4.78, 5) is 31.9. The molecule has 1 amide bonds. The van der Waals surface area contributed by atoms with Crippen molar-refractivity contribution in [2.45, 2.75) is 17.4 Å². The second-order valence-corrected chi connectivity index (χ2v) is 12.1. The van der Waals surface area contributed by atoms with Crippen LogP contribution in [0.15, 0.2) is 53.4 Å². The molecule has 4 aromatic rings. The number of aliphatic hydroxyl groups excluding tert-OH is 1. The van der Waals surface area contributed by atoms with E-state index in [-0.39, 0.29) is 46.8 Å². The van der Waals surface area contributed by atoms with E-state index in [9.17, 15) is 23.3 Å². The number of anilines is 1. The maximum Gasteiger partial charge on any atom is 0.279 e. The van der Waals surface area contributed by atoms with Crippen LogP contribution in [0.25, 0.3) is 21.7 Å². The number of hydrogen-bond acceptors (Lipinski definition) is 7. The lowest BCUT2D eigenvalue weighted by Crippen LogP contribution is -2.30. The fourth-order valence-electron chi connectivity index (χ4n) is 5.26. The molecule has 40 heavy (non-hydrogen) atoms. The van der Waals surface area contributed by atoms with Crippen molar-refractivity contribution in [3.8, 4) is 0 Å².